The van der Waals surface area contributed by atoms with Crippen molar-refractivity contribution < 1.29 is 19.2 Å². The molecule has 2 saturated heterocycles. The van der Waals surface area contributed by atoms with Crippen molar-refractivity contribution in [1.29, 1.82) is 0 Å². The SMILES string of the molecule is CCCN1CCCN(CCCc2cccc3c2C(=O)N(C2CCC(=O)NC2=O)C3=O)CC1. The second kappa shape index (κ2) is 9.92. The molecule has 8 heteroatoms. The lowest BCUT2D eigenvalue weighted by atomic mass is 9.99. The lowest BCUT2D eigenvalue weighted by Gasteiger charge is -2.27. The number of benzene rings is 1. The first kappa shape index (κ1) is 22.6. The maximum Gasteiger partial charge on any atom is 0.262 e. The Morgan fingerprint density at radius 2 is 1.72 bits per heavy atom. The van der Waals surface area contributed by atoms with E-state index in [0.717, 1.165) is 56.2 Å². The third-order valence-electron chi connectivity index (χ3n) is 6.70. The van der Waals surface area contributed by atoms with Crippen molar-refractivity contribution in [3.8, 4) is 0 Å². The molecule has 1 aromatic rings. The van der Waals surface area contributed by atoms with E-state index < -0.39 is 23.8 Å². The van der Waals surface area contributed by atoms with Gasteiger partial charge in [0.25, 0.3) is 11.8 Å². The van der Waals surface area contributed by atoms with Crippen LogP contribution in [0, 0.1) is 0 Å². The number of aryl methyl sites for hydroxylation is 1. The molecule has 2 fully saturated rings. The van der Waals surface area contributed by atoms with Gasteiger partial charge in [-0.05, 0) is 69.9 Å². The summed E-state index contributed by atoms with van der Waals surface area (Å²) in [4.78, 5) is 55.9. The van der Waals surface area contributed by atoms with Gasteiger partial charge in [-0.15, -0.1) is 0 Å². The first-order valence-electron chi connectivity index (χ1n) is 11.8. The lowest BCUT2D eigenvalue weighted by molar-refractivity contribution is -0.136. The van der Waals surface area contributed by atoms with Crippen molar-refractivity contribution in [2.45, 2.75) is 51.5 Å². The normalized spacial score (nSPS) is 22.8. The molecule has 1 atom stereocenters. The van der Waals surface area contributed by atoms with Crippen LogP contribution in [0.2, 0.25) is 0 Å². The van der Waals surface area contributed by atoms with Gasteiger partial charge in [0.15, 0.2) is 0 Å². The Balaban J connectivity index is 1.40. The second-order valence-electron chi connectivity index (χ2n) is 8.93. The van der Waals surface area contributed by atoms with Crippen molar-refractivity contribution >= 4 is 23.6 Å². The summed E-state index contributed by atoms with van der Waals surface area (Å²) in [5.74, 6) is -1.80. The molecular weight excluding hydrogens is 408 g/mol. The molecule has 1 unspecified atom stereocenters. The summed E-state index contributed by atoms with van der Waals surface area (Å²) in [5.41, 5.74) is 1.65. The molecule has 8 nitrogen and oxygen atoms in total. The highest BCUT2D eigenvalue weighted by Crippen LogP contribution is 2.30. The van der Waals surface area contributed by atoms with Crippen LogP contribution in [0.1, 0.15) is 65.3 Å². The molecule has 0 spiro atoms. The van der Waals surface area contributed by atoms with Crippen LogP contribution in [0.5, 0.6) is 0 Å². The van der Waals surface area contributed by atoms with Crippen molar-refractivity contribution in [1.82, 2.24) is 20.0 Å². The Morgan fingerprint density at radius 1 is 0.969 bits per heavy atom. The van der Waals surface area contributed by atoms with Crippen molar-refractivity contribution in [3.63, 3.8) is 0 Å². The molecule has 0 bridgehead atoms. The first-order chi connectivity index (χ1) is 15.5. The first-order valence-corrected chi connectivity index (χ1v) is 11.8. The topological polar surface area (TPSA) is 90.0 Å². The third kappa shape index (κ3) is 4.61. The number of hydrogen-bond donors (Lipinski definition) is 1. The van der Waals surface area contributed by atoms with Gasteiger partial charge in [0.2, 0.25) is 11.8 Å². The fourth-order valence-corrected chi connectivity index (χ4v) is 5.07. The molecule has 0 aliphatic carbocycles. The highest BCUT2D eigenvalue weighted by molar-refractivity contribution is 6.24. The van der Waals surface area contributed by atoms with Gasteiger partial charge in [-0.1, -0.05) is 19.1 Å². The van der Waals surface area contributed by atoms with E-state index in [1.807, 2.05) is 12.1 Å². The number of fused-ring (bicyclic) bond motifs is 1. The quantitative estimate of drug-likeness (QED) is 0.646. The Labute approximate surface area is 188 Å². The highest BCUT2D eigenvalue weighted by atomic mass is 16.2. The van der Waals surface area contributed by atoms with E-state index in [-0.39, 0.29) is 18.7 Å². The summed E-state index contributed by atoms with van der Waals surface area (Å²) < 4.78 is 0. The standard InChI is InChI=1S/C24H32N4O4/c1-2-11-26-13-5-14-27(16-15-26)12-4-7-17-6-3-8-18-21(17)24(32)28(23(18)31)19-9-10-20(29)25-22(19)30/h3,6,8,19H,2,4-5,7,9-16H2,1H3,(H,25,29,30). The third-order valence-corrected chi connectivity index (χ3v) is 6.70. The molecule has 3 aliphatic heterocycles. The average Bonchev–Trinajstić information content (AvgIpc) is 2.91. The number of carbonyl (C=O) groups is 4. The highest BCUT2D eigenvalue weighted by Gasteiger charge is 2.45. The molecule has 1 N–H and O–H groups in total. The number of carbonyl (C=O) groups excluding carboxylic acids is 4. The molecule has 0 saturated carbocycles. The average molecular weight is 441 g/mol. The number of amides is 4. The number of nitrogens with one attached hydrogen (secondary N) is 1. The van der Waals surface area contributed by atoms with E-state index in [9.17, 15) is 19.2 Å². The molecule has 32 heavy (non-hydrogen) atoms. The maximum atomic E-state index is 13.2. The van der Waals surface area contributed by atoms with Gasteiger partial charge in [-0.25, -0.2) is 0 Å². The molecule has 3 aliphatic rings. The van der Waals surface area contributed by atoms with Crippen LogP contribution in [0.4, 0.5) is 0 Å². The predicted octanol–water partition coefficient (Wildman–Crippen LogP) is 1.44. The number of nitrogens with zero attached hydrogens (tertiary/aromatic N) is 3. The smallest absolute Gasteiger partial charge is 0.262 e. The number of imide groups is 2. The number of rotatable bonds is 7. The zero-order valence-corrected chi connectivity index (χ0v) is 18.8. The van der Waals surface area contributed by atoms with Gasteiger partial charge in [0, 0.05) is 19.5 Å². The monoisotopic (exact) mass is 440 g/mol. The largest absolute Gasteiger partial charge is 0.302 e. The van der Waals surface area contributed by atoms with E-state index in [1.165, 1.54) is 12.8 Å². The Bertz CT molecular complexity index is 915. The van der Waals surface area contributed by atoms with Crippen LogP contribution < -0.4 is 5.32 Å². The fraction of sp³-hybridized carbons (Fsp3) is 0.583. The second-order valence-corrected chi connectivity index (χ2v) is 8.93. The Kier molecular flexibility index (Phi) is 7.01. The van der Waals surface area contributed by atoms with Crippen molar-refractivity contribution in [2.24, 2.45) is 0 Å². The van der Waals surface area contributed by atoms with E-state index in [1.54, 1.807) is 6.07 Å². The van der Waals surface area contributed by atoms with Crippen molar-refractivity contribution in [3.05, 3.63) is 34.9 Å². The van der Waals surface area contributed by atoms with Crippen LogP contribution in [0.15, 0.2) is 18.2 Å². The minimum Gasteiger partial charge on any atom is -0.302 e. The summed E-state index contributed by atoms with van der Waals surface area (Å²) in [6.45, 7) is 8.74. The summed E-state index contributed by atoms with van der Waals surface area (Å²) in [6.07, 6.45) is 4.28. The summed E-state index contributed by atoms with van der Waals surface area (Å²) in [5, 5.41) is 2.24. The minimum absolute atomic E-state index is 0.127. The van der Waals surface area contributed by atoms with Gasteiger partial charge in [0.1, 0.15) is 6.04 Å². The van der Waals surface area contributed by atoms with Crippen LogP contribution in [-0.2, 0) is 16.0 Å². The van der Waals surface area contributed by atoms with Crippen LogP contribution >= 0.6 is 0 Å². The Morgan fingerprint density at radius 3 is 2.44 bits per heavy atom. The molecule has 3 heterocycles. The molecule has 0 aromatic heterocycles. The minimum atomic E-state index is -0.920. The van der Waals surface area contributed by atoms with Gasteiger partial charge in [0.05, 0.1) is 11.1 Å². The van der Waals surface area contributed by atoms with E-state index in [4.69, 9.17) is 0 Å². The number of piperidine rings is 1. The van der Waals surface area contributed by atoms with E-state index in [0.29, 0.717) is 17.5 Å². The maximum absolute atomic E-state index is 13.2. The molecule has 172 valence electrons. The fourth-order valence-electron chi connectivity index (χ4n) is 5.07. The van der Waals surface area contributed by atoms with E-state index >= 15 is 0 Å². The van der Waals surface area contributed by atoms with Gasteiger partial charge in [-0.2, -0.15) is 0 Å². The lowest BCUT2D eigenvalue weighted by Crippen LogP contribution is -2.54. The summed E-state index contributed by atoms with van der Waals surface area (Å²) >= 11 is 0. The summed E-state index contributed by atoms with van der Waals surface area (Å²) in [7, 11) is 0. The van der Waals surface area contributed by atoms with Gasteiger partial charge in [-0.3, -0.25) is 29.4 Å². The van der Waals surface area contributed by atoms with Crippen LogP contribution in [-0.4, -0.2) is 83.6 Å². The summed E-state index contributed by atoms with van der Waals surface area (Å²) in [6, 6.07) is 4.45. The Hall–Kier alpha value is -2.58. The van der Waals surface area contributed by atoms with Crippen LogP contribution in [0.3, 0.4) is 0 Å². The molecular formula is C24H32N4O4. The predicted molar refractivity (Wildman–Crippen MR) is 119 cm³/mol. The van der Waals surface area contributed by atoms with Gasteiger partial charge < -0.3 is 9.80 Å². The molecule has 0 radical (unpaired) electrons. The zero-order chi connectivity index (χ0) is 22.7. The zero-order valence-electron chi connectivity index (χ0n) is 18.8. The van der Waals surface area contributed by atoms with Crippen LogP contribution in [0.25, 0.3) is 0 Å². The molecule has 4 amide bonds. The van der Waals surface area contributed by atoms with Gasteiger partial charge >= 0.3 is 0 Å². The number of hydrogen-bond acceptors (Lipinski definition) is 6. The van der Waals surface area contributed by atoms with E-state index in [2.05, 4.69) is 22.0 Å². The molecule has 4 rings (SSSR count). The van der Waals surface area contributed by atoms with Crippen molar-refractivity contribution in [2.75, 3.05) is 39.3 Å². The molecule has 1 aromatic carbocycles.